The summed E-state index contributed by atoms with van der Waals surface area (Å²) in [6.45, 7) is 5.47. The summed E-state index contributed by atoms with van der Waals surface area (Å²) in [7, 11) is 0. The van der Waals surface area contributed by atoms with E-state index in [1.165, 1.54) is 20.5 Å². The summed E-state index contributed by atoms with van der Waals surface area (Å²) < 4.78 is 2.88. The summed E-state index contributed by atoms with van der Waals surface area (Å²) in [5.74, 6) is 0. The monoisotopic (exact) mass is 381 g/mol. The molecule has 3 aromatic rings. The molecule has 1 fully saturated rings. The van der Waals surface area contributed by atoms with Gasteiger partial charge in [-0.25, -0.2) is 14.3 Å². The van der Waals surface area contributed by atoms with E-state index in [4.69, 9.17) is 0 Å². The number of nitriles is 1. The number of thiazole rings is 1. The summed E-state index contributed by atoms with van der Waals surface area (Å²) in [6, 6.07) is 7.54. The highest BCUT2D eigenvalue weighted by molar-refractivity contribution is 7.22. The van der Waals surface area contributed by atoms with E-state index < -0.39 is 5.69 Å². The Hall–Kier alpha value is -2.92. The highest BCUT2D eigenvalue weighted by Gasteiger charge is 2.23. The van der Waals surface area contributed by atoms with Crippen molar-refractivity contribution in [2.24, 2.45) is 0 Å². The maximum absolute atomic E-state index is 13.2. The first kappa shape index (κ1) is 17.5. The zero-order valence-electron chi connectivity index (χ0n) is 15.2. The average molecular weight is 381 g/mol. The molecule has 0 bridgehead atoms. The number of anilines is 1. The summed E-state index contributed by atoms with van der Waals surface area (Å²) in [4.78, 5) is 33.0. The number of benzene rings is 1. The van der Waals surface area contributed by atoms with Crippen LogP contribution in [0.4, 0.5) is 5.13 Å². The maximum atomic E-state index is 13.2. The van der Waals surface area contributed by atoms with E-state index in [9.17, 15) is 14.9 Å². The maximum Gasteiger partial charge on any atom is 0.338 e. The fraction of sp³-hybridized carbons (Fsp3) is 0.368. The standard InChI is InChI=1S/C19H19N5O2S/c1-12-6-5-7-14(13(12)2)24-17(25)15-16(23(11-8-20)19(24)26)21-18(27-15)22-9-3-4-10-22/h5-7H,3-4,9-11H2,1-2H3. The number of aromatic nitrogens is 3. The zero-order chi connectivity index (χ0) is 19.1. The molecular formula is C19H19N5O2S. The Morgan fingerprint density at radius 3 is 2.67 bits per heavy atom. The number of fused-ring (bicyclic) bond motifs is 1. The topological polar surface area (TPSA) is 83.9 Å². The molecule has 3 heterocycles. The van der Waals surface area contributed by atoms with Gasteiger partial charge in [0.05, 0.1) is 11.8 Å². The SMILES string of the molecule is Cc1cccc(-n2c(=O)c3sc(N4CCCC4)nc3n(CC#N)c2=O)c1C. The normalized spacial score (nSPS) is 14.0. The molecule has 8 heteroatoms. The minimum absolute atomic E-state index is 0.149. The zero-order valence-corrected chi connectivity index (χ0v) is 16.0. The van der Waals surface area contributed by atoms with Crippen molar-refractivity contribution in [3.05, 3.63) is 50.2 Å². The van der Waals surface area contributed by atoms with Crippen LogP contribution in [0.3, 0.4) is 0 Å². The number of hydrogen-bond acceptors (Lipinski definition) is 6. The van der Waals surface area contributed by atoms with Crippen LogP contribution in [0.15, 0.2) is 27.8 Å². The number of nitrogens with zero attached hydrogens (tertiary/aromatic N) is 5. The molecule has 0 saturated carbocycles. The van der Waals surface area contributed by atoms with E-state index in [-0.39, 0.29) is 12.1 Å². The van der Waals surface area contributed by atoms with Crippen molar-refractivity contribution in [2.75, 3.05) is 18.0 Å². The molecule has 0 spiro atoms. The fourth-order valence-corrected chi connectivity index (χ4v) is 4.52. The van der Waals surface area contributed by atoms with Crippen LogP contribution in [-0.4, -0.2) is 27.2 Å². The third kappa shape index (κ3) is 2.75. The Balaban J connectivity index is 2.05. The van der Waals surface area contributed by atoms with Crippen molar-refractivity contribution in [3.63, 3.8) is 0 Å². The van der Waals surface area contributed by atoms with Gasteiger partial charge >= 0.3 is 5.69 Å². The van der Waals surface area contributed by atoms with E-state index in [1.54, 1.807) is 6.07 Å². The van der Waals surface area contributed by atoms with Crippen molar-refractivity contribution >= 4 is 26.8 Å². The van der Waals surface area contributed by atoms with Crippen molar-refractivity contribution in [2.45, 2.75) is 33.2 Å². The quantitative estimate of drug-likeness (QED) is 0.695. The molecular weight excluding hydrogens is 362 g/mol. The van der Waals surface area contributed by atoms with Crippen LogP contribution in [-0.2, 0) is 6.54 Å². The second kappa shape index (κ2) is 6.67. The highest BCUT2D eigenvalue weighted by atomic mass is 32.1. The number of aryl methyl sites for hydroxylation is 1. The van der Waals surface area contributed by atoms with Crippen LogP contribution in [0, 0.1) is 25.2 Å². The fourth-order valence-electron chi connectivity index (χ4n) is 3.47. The van der Waals surface area contributed by atoms with Crippen LogP contribution in [0.25, 0.3) is 16.0 Å². The van der Waals surface area contributed by atoms with Gasteiger partial charge in [-0.2, -0.15) is 5.26 Å². The van der Waals surface area contributed by atoms with E-state index in [0.29, 0.717) is 16.0 Å². The summed E-state index contributed by atoms with van der Waals surface area (Å²) in [5, 5.41) is 9.96. The predicted octanol–water partition coefficient (Wildman–Crippen LogP) is 2.35. The first-order chi connectivity index (χ1) is 13.0. The Morgan fingerprint density at radius 2 is 1.96 bits per heavy atom. The van der Waals surface area contributed by atoms with E-state index in [1.807, 2.05) is 32.0 Å². The molecule has 0 amide bonds. The van der Waals surface area contributed by atoms with Gasteiger partial charge < -0.3 is 4.90 Å². The number of hydrogen-bond donors (Lipinski definition) is 0. The molecule has 0 atom stereocenters. The Kier molecular flexibility index (Phi) is 4.32. The van der Waals surface area contributed by atoms with E-state index >= 15 is 0 Å². The molecule has 4 rings (SSSR count). The lowest BCUT2D eigenvalue weighted by Crippen LogP contribution is -2.39. The Morgan fingerprint density at radius 1 is 1.22 bits per heavy atom. The van der Waals surface area contributed by atoms with Crippen LogP contribution in [0.2, 0.25) is 0 Å². The van der Waals surface area contributed by atoms with Gasteiger partial charge in [0.15, 0.2) is 10.8 Å². The molecule has 1 aromatic carbocycles. The van der Waals surface area contributed by atoms with Gasteiger partial charge in [0, 0.05) is 13.1 Å². The molecule has 2 aromatic heterocycles. The van der Waals surface area contributed by atoms with E-state index in [0.717, 1.165) is 42.2 Å². The van der Waals surface area contributed by atoms with Crippen molar-refractivity contribution in [3.8, 4) is 11.8 Å². The molecule has 1 saturated heterocycles. The van der Waals surface area contributed by atoms with Crippen LogP contribution >= 0.6 is 11.3 Å². The first-order valence-corrected chi connectivity index (χ1v) is 9.69. The van der Waals surface area contributed by atoms with Crippen molar-refractivity contribution in [1.82, 2.24) is 14.1 Å². The van der Waals surface area contributed by atoms with E-state index in [2.05, 4.69) is 9.88 Å². The molecule has 7 nitrogen and oxygen atoms in total. The van der Waals surface area contributed by atoms with Crippen molar-refractivity contribution in [1.29, 1.82) is 5.26 Å². The minimum Gasteiger partial charge on any atom is -0.348 e. The van der Waals surface area contributed by atoms with Gasteiger partial charge in [-0.1, -0.05) is 23.5 Å². The third-order valence-electron chi connectivity index (χ3n) is 5.10. The second-order valence-electron chi connectivity index (χ2n) is 6.73. The van der Waals surface area contributed by atoms with Gasteiger partial charge in [-0.05, 0) is 43.9 Å². The molecule has 0 aliphatic carbocycles. The lowest BCUT2D eigenvalue weighted by atomic mass is 10.1. The third-order valence-corrected chi connectivity index (χ3v) is 6.19. The lowest BCUT2D eigenvalue weighted by Gasteiger charge is -2.12. The molecule has 0 unspecified atom stereocenters. The largest absolute Gasteiger partial charge is 0.348 e. The Labute approximate surface area is 159 Å². The first-order valence-electron chi connectivity index (χ1n) is 8.88. The summed E-state index contributed by atoms with van der Waals surface area (Å²) in [6.07, 6.45) is 2.18. The molecule has 27 heavy (non-hydrogen) atoms. The second-order valence-corrected chi connectivity index (χ2v) is 7.71. The minimum atomic E-state index is -0.527. The average Bonchev–Trinajstić information content (AvgIpc) is 3.31. The van der Waals surface area contributed by atoms with Crippen LogP contribution in [0.5, 0.6) is 0 Å². The Bertz CT molecular complexity index is 1190. The molecule has 1 aliphatic heterocycles. The molecule has 138 valence electrons. The molecule has 0 radical (unpaired) electrons. The molecule has 0 N–H and O–H groups in total. The van der Waals surface area contributed by atoms with Gasteiger partial charge in [0.25, 0.3) is 5.56 Å². The van der Waals surface area contributed by atoms with Crippen LogP contribution in [0.1, 0.15) is 24.0 Å². The van der Waals surface area contributed by atoms with Gasteiger partial charge in [-0.15, -0.1) is 0 Å². The van der Waals surface area contributed by atoms with Gasteiger partial charge in [0.1, 0.15) is 11.2 Å². The summed E-state index contributed by atoms with van der Waals surface area (Å²) >= 11 is 1.30. The highest BCUT2D eigenvalue weighted by Crippen LogP contribution is 2.29. The molecule has 1 aliphatic rings. The summed E-state index contributed by atoms with van der Waals surface area (Å²) in [5.41, 5.74) is 1.81. The van der Waals surface area contributed by atoms with Crippen LogP contribution < -0.4 is 16.1 Å². The lowest BCUT2D eigenvalue weighted by molar-refractivity contribution is 0.725. The van der Waals surface area contributed by atoms with Gasteiger partial charge in [0.2, 0.25) is 0 Å². The van der Waals surface area contributed by atoms with Gasteiger partial charge in [-0.3, -0.25) is 9.36 Å². The number of rotatable bonds is 3. The smallest absolute Gasteiger partial charge is 0.338 e. The predicted molar refractivity (Wildman–Crippen MR) is 106 cm³/mol. The van der Waals surface area contributed by atoms with Crippen molar-refractivity contribution < 1.29 is 0 Å².